The van der Waals surface area contributed by atoms with Crippen LogP contribution >= 0.6 is 0 Å². The average Bonchev–Trinajstić information content (AvgIpc) is 3.52. The molecule has 1 saturated carbocycles. The maximum absolute atomic E-state index is 13.8. The van der Waals surface area contributed by atoms with Gasteiger partial charge in [-0.1, -0.05) is 6.07 Å². The third-order valence-electron chi connectivity index (χ3n) is 6.59. The molecular weight excluding hydrogens is 435 g/mol. The third-order valence-corrected chi connectivity index (χ3v) is 6.59. The lowest BCUT2D eigenvalue weighted by atomic mass is 9.88. The summed E-state index contributed by atoms with van der Waals surface area (Å²) in [6.07, 6.45) is -0.737. The Bertz CT molecular complexity index is 998. The Morgan fingerprint density at radius 3 is 2.61 bits per heavy atom. The number of anilines is 1. The van der Waals surface area contributed by atoms with Crippen molar-refractivity contribution in [2.24, 2.45) is 0 Å². The first-order valence-electron chi connectivity index (χ1n) is 11.5. The number of carbonyl (C=O) groups excluding carboxylic acids is 1. The molecule has 1 aromatic carbocycles. The van der Waals surface area contributed by atoms with Crippen LogP contribution in [0.15, 0.2) is 24.3 Å². The Kier molecular flexibility index (Phi) is 5.94. The molecule has 0 spiro atoms. The highest BCUT2D eigenvalue weighted by atomic mass is 19.4. The SMILES string of the molecule is O=C(N1CCOCC1)N1CCCC(c2ccc(C(F)(F)F)c(-c3cc(NC4CC4)n[nH]3)c2)C1. The molecule has 5 rings (SSSR count). The highest BCUT2D eigenvalue weighted by Gasteiger charge is 2.35. The number of amides is 2. The van der Waals surface area contributed by atoms with E-state index in [1.54, 1.807) is 23.1 Å². The molecule has 1 unspecified atom stereocenters. The molecule has 0 bridgehead atoms. The molecule has 3 aliphatic rings. The largest absolute Gasteiger partial charge is 0.417 e. The number of piperidine rings is 1. The van der Waals surface area contributed by atoms with E-state index in [1.165, 1.54) is 0 Å². The van der Waals surface area contributed by atoms with Crippen LogP contribution in [-0.4, -0.2) is 71.5 Å². The molecule has 2 aliphatic heterocycles. The van der Waals surface area contributed by atoms with E-state index in [2.05, 4.69) is 15.5 Å². The molecule has 1 atom stereocenters. The van der Waals surface area contributed by atoms with Crippen LogP contribution in [0.25, 0.3) is 11.3 Å². The van der Waals surface area contributed by atoms with Gasteiger partial charge < -0.3 is 19.9 Å². The van der Waals surface area contributed by atoms with Gasteiger partial charge in [-0.2, -0.15) is 18.3 Å². The van der Waals surface area contributed by atoms with Gasteiger partial charge in [-0.25, -0.2) is 4.79 Å². The molecule has 10 heteroatoms. The number of aromatic amines is 1. The topological polar surface area (TPSA) is 73.5 Å². The third kappa shape index (κ3) is 4.95. The number of likely N-dealkylation sites (tertiary alicyclic amines) is 1. The fourth-order valence-corrected chi connectivity index (χ4v) is 4.63. The Morgan fingerprint density at radius 1 is 1.09 bits per heavy atom. The molecule has 2 N–H and O–H groups in total. The van der Waals surface area contributed by atoms with Crippen LogP contribution < -0.4 is 5.32 Å². The molecule has 2 amide bonds. The molecule has 3 fully saturated rings. The van der Waals surface area contributed by atoms with E-state index >= 15 is 0 Å². The van der Waals surface area contributed by atoms with Crippen molar-refractivity contribution in [3.63, 3.8) is 0 Å². The van der Waals surface area contributed by atoms with Crippen LogP contribution in [0.1, 0.15) is 42.7 Å². The van der Waals surface area contributed by atoms with Gasteiger partial charge >= 0.3 is 12.2 Å². The van der Waals surface area contributed by atoms with Gasteiger partial charge in [0, 0.05) is 49.8 Å². The van der Waals surface area contributed by atoms with Crippen molar-refractivity contribution >= 4 is 11.8 Å². The highest BCUT2D eigenvalue weighted by molar-refractivity contribution is 5.75. The number of hydrogen-bond acceptors (Lipinski definition) is 4. The molecule has 1 aromatic heterocycles. The van der Waals surface area contributed by atoms with Gasteiger partial charge in [0.05, 0.1) is 24.5 Å². The minimum atomic E-state index is -4.48. The Balaban J connectivity index is 1.39. The number of nitrogens with one attached hydrogen (secondary N) is 2. The van der Waals surface area contributed by atoms with Gasteiger partial charge in [0.25, 0.3) is 0 Å². The first-order valence-corrected chi connectivity index (χ1v) is 11.5. The lowest BCUT2D eigenvalue weighted by Crippen LogP contribution is -2.50. The normalized spacial score (nSPS) is 21.8. The Hall–Kier alpha value is -2.75. The minimum Gasteiger partial charge on any atom is -0.378 e. The number of urea groups is 1. The minimum absolute atomic E-state index is 0.0144. The molecular formula is C23H28F3N5O2. The number of rotatable bonds is 4. The number of halogens is 3. The quantitative estimate of drug-likeness (QED) is 0.709. The summed E-state index contributed by atoms with van der Waals surface area (Å²) in [5.74, 6) is 0.544. The lowest BCUT2D eigenvalue weighted by Gasteiger charge is -2.38. The van der Waals surface area contributed by atoms with E-state index in [4.69, 9.17) is 4.74 Å². The Labute approximate surface area is 190 Å². The van der Waals surface area contributed by atoms with Crippen molar-refractivity contribution in [3.8, 4) is 11.3 Å². The molecule has 3 heterocycles. The predicted molar refractivity (Wildman–Crippen MR) is 117 cm³/mol. The number of ether oxygens (including phenoxy) is 1. The van der Waals surface area contributed by atoms with Gasteiger partial charge in [-0.3, -0.25) is 5.10 Å². The summed E-state index contributed by atoms with van der Waals surface area (Å²) in [4.78, 5) is 16.5. The van der Waals surface area contributed by atoms with E-state index < -0.39 is 11.7 Å². The first kappa shape index (κ1) is 22.1. The zero-order valence-electron chi connectivity index (χ0n) is 18.3. The van der Waals surface area contributed by atoms with Crippen molar-refractivity contribution in [1.82, 2.24) is 20.0 Å². The predicted octanol–water partition coefficient (Wildman–Crippen LogP) is 4.30. The van der Waals surface area contributed by atoms with Gasteiger partial charge in [0.15, 0.2) is 0 Å². The van der Waals surface area contributed by atoms with Crippen molar-refractivity contribution in [3.05, 3.63) is 35.4 Å². The molecule has 7 nitrogen and oxygen atoms in total. The fraction of sp³-hybridized carbons (Fsp3) is 0.565. The van der Waals surface area contributed by atoms with Crippen molar-refractivity contribution < 1.29 is 22.7 Å². The standard InChI is InChI=1S/C23H28F3N5O2/c24-23(25,26)19-6-3-15(12-18(19)20-13-21(29-28-20)27-17-4-5-17)16-2-1-7-31(14-16)22(32)30-8-10-33-11-9-30/h3,6,12-13,16-17H,1-2,4-5,7-11,14H2,(H2,27,28,29). The number of alkyl halides is 3. The van der Waals surface area contributed by atoms with Gasteiger partial charge in [0.1, 0.15) is 5.82 Å². The molecule has 33 heavy (non-hydrogen) atoms. The fourth-order valence-electron chi connectivity index (χ4n) is 4.63. The summed E-state index contributed by atoms with van der Waals surface area (Å²) < 4.78 is 46.7. The summed E-state index contributed by atoms with van der Waals surface area (Å²) in [6.45, 7) is 3.37. The average molecular weight is 464 g/mol. The maximum Gasteiger partial charge on any atom is 0.417 e. The van der Waals surface area contributed by atoms with Crippen LogP contribution in [0, 0.1) is 0 Å². The lowest BCUT2D eigenvalue weighted by molar-refractivity contribution is -0.137. The summed E-state index contributed by atoms with van der Waals surface area (Å²) in [6, 6.07) is 6.31. The van der Waals surface area contributed by atoms with Crippen molar-refractivity contribution in [2.45, 2.75) is 43.8 Å². The number of carbonyl (C=O) groups is 1. The number of benzene rings is 1. The second-order valence-corrected chi connectivity index (χ2v) is 9.06. The summed E-state index contributed by atoms with van der Waals surface area (Å²) in [5.41, 5.74) is 0.547. The summed E-state index contributed by atoms with van der Waals surface area (Å²) in [5, 5.41) is 10.1. The highest BCUT2D eigenvalue weighted by Crippen LogP contribution is 2.40. The van der Waals surface area contributed by atoms with Crippen molar-refractivity contribution in [2.75, 3.05) is 44.7 Å². The van der Waals surface area contributed by atoms with Gasteiger partial charge in [0.2, 0.25) is 0 Å². The second-order valence-electron chi connectivity index (χ2n) is 9.06. The van der Waals surface area contributed by atoms with Crippen LogP contribution in [-0.2, 0) is 10.9 Å². The zero-order valence-corrected chi connectivity index (χ0v) is 18.3. The Morgan fingerprint density at radius 2 is 1.88 bits per heavy atom. The van der Waals surface area contributed by atoms with Crippen LogP contribution in [0.5, 0.6) is 0 Å². The van der Waals surface area contributed by atoms with E-state index in [0.29, 0.717) is 56.9 Å². The number of nitrogens with zero attached hydrogens (tertiary/aromatic N) is 3. The maximum atomic E-state index is 13.8. The summed E-state index contributed by atoms with van der Waals surface area (Å²) in [7, 11) is 0. The van der Waals surface area contributed by atoms with E-state index in [0.717, 1.165) is 37.3 Å². The molecule has 1 aliphatic carbocycles. The monoisotopic (exact) mass is 463 g/mol. The van der Waals surface area contributed by atoms with Gasteiger partial charge in [-0.15, -0.1) is 0 Å². The number of hydrogen-bond donors (Lipinski definition) is 2. The van der Waals surface area contributed by atoms with Crippen LogP contribution in [0.3, 0.4) is 0 Å². The van der Waals surface area contributed by atoms with Crippen LogP contribution in [0.2, 0.25) is 0 Å². The molecule has 178 valence electrons. The first-order chi connectivity index (χ1) is 15.9. The van der Waals surface area contributed by atoms with E-state index in [9.17, 15) is 18.0 Å². The van der Waals surface area contributed by atoms with Gasteiger partial charge in [-0.05, 0) is 43.4 Å². The van der Waals surface area contributed by atoms with E-state index in [-0.39, 0.29) is 17.5 Å². The molecule has 2 saturated heterocycles. The second kappa shape index (κ2) is 8.89. The smallest absolute Gasteiger partial charge is 0.378 e. The zero-order chi connectivity index (χ0) is 23.0. The summed E-state index contributed by atoms with van der Waals surface area (Å²) >= 11 is 0. The number of H-pyrrole nitrogens is 1. The number of aromatic nitrogens is 2. The van der Waals surface area contributed by atoms with Crippen molar-refractivity contribution in [1.29, 1.82) is 0 Å². The number of morpholine rings is 1. The molecule has 2 aromatic rings. The van der Waals surface area contributed by atoms with Crippen LogP contribution in [0.4, 0.5) is 23.8 Å². The molecule has 0 radical (unpaired) electrons. The van der Waals surface area contributed by atoms with E-state index in [1.807, 2.05) is 4.90 Å².